The second kappa shape index (κ2) is 4.84. The van der Waals surface area contributed by atoms with Crippen molar-refractivity contribution >= 4 is 50.7 Å². The Bertz CT molecular complexity index is 507. The molecule has 0 fully saturated rings. The van der Waals surface area contributed by atoms with E-state index in [9.17, 15) is 0 Å². The van der Waals surface area contributed by atoms with Gasteiger partial charge in [-0.05, 0) is 51.3 Å². The first-order valence-corrected chi connectivity index (χ1v) is 6.02. The molecule has 2 rings (SSSR count). The summed E-state index contributed by atoms with van der Waals surface area (Å²) in [6.45, 7) is 0. The molecule has 0 spiro atoms. The second-order valence-corrected chi connectivity index (χ2v) is 4.73. The van der Waals surface area contributed by atoms with Gasteiger partial charge in [-0.25, -0.2) is 0 Å². The molecule has 0 amide bonds. The minimum atomic E-state index is 0.0295. The smallest absolute Gasteiger partial charge is 0.198 e. The van der Waals surface area contributed by atoms with E-state index in [4.69, 9.17) is 34.8 Å². The van der Waals surface area contributed by atoms with Gasteiger partial charge in [-0.15, -0.1) is 0 Å². The number of halogens is 4. The molecule has 3 nitrogen and oxygen atoms in total. The van der Waals surface area contributed by atoms with E-state index in [1.165, 1.54) is 0 Å². The van der Waals surface area contributed by atoms with Crippen molar-refractivity contribution in [1.82, 2.24) is 15.0 Å². The normalized spacial score (nSPS) is 10.5. The van der Waals surface area contributed by atoms with E-state index in [-0.39, 0.29) is 10.6 Å². The van der Waals surface area contributed by atoms with Crippen molar-refractivity contribution in [3.8, 4) is 11.4 Å². The van der Waals surface area contributed by atoms with E-state index in [1.54, 1.807) is 12.1 Å². The van der Waals surface area contributed by atoms with Crippen LogP contribution in [0.5, 0.6) is 0 Å². The monoisotopic (exact) mass is 337 g/mol. The zero-order valence-electron chi connectivity index (χ0n) is 7.59. The van der Waals surface area contributed by atoms with Gasteiger partial charge in [-0.3, -0.25) is 0 Å². The van der Waals surface area contributed by atoms with E-state index in [1.807, 2.05) is 6.07 Å². The first kappa shape index (κ1) is 12.0. The van der Waals surface area contributed by atoms with Crippen molar-refractivity contribution in [2.24, 2.45) is 0 Å². The molecule has 82 valence electrons. The summed E-state index contributed by atoms with van der Waals surface area (Å²) < 4.78 is 0.762. The van der Waals surface area contributed by atoms with Crippen LogP contribution in [0.2, 0.25) is 15.6 Å². The number of aromatic nitrogens is 3. The highest BCUT2D eigenvalue weighted by atomic mass is 79.9. The van der Waals surface area contributed by atoms with Crippen molar-refractivity contribution in [2.45, 2.75) is 0 Å². The average molecular weight is 339 g/mol. The van der Waals surface area contributed by atoms with Gasteiger partial charge in [-0.1, -0.05) is 17.7 Å². The van der Waals surface area contributed by atoms with E-state index in [0.717, 1.165) is 4.47 Å². The molecule has 2 aromatic rings. The maximum absolute atomic E-state index is 6.05. The summed E-state index contributed by atoms with van der Waals surface area (Å²) in [5, 5.41) is 0.566. The Labute approximate surface area is 115 Å². The van der Waals surface area contributed by atoms with Gasteiger partial charge in [0.25, 0.3) is 0 Å². The molecule has 0 aliphatic rings. The number of nitrogens with zero attached hydrogens (tertiary/aromatic N) is 3. The molecule has 16 heavy (non-hydrogen) atoms. The highest BCUT2D eigenvalue weighted by Gasteiger charge is 2.12. The summed E-state index contributed by atoms with van der Waals surface area (Å²) in [5.74, 6) is 0.336. The molecule has 1 aromatic carbocycles. The van der Waals surface area contributed by atoms with Crippen LogP contribution in [0.15, 0.2) is 22.7 Å². The fraction of sp³-hybridized carbons (Fsp3) is 0. The summed E-state index contributed by atoms with van der Waals surface area (Å²) in [6, 6.07) is 5.36. The van der Waals surface area contributed by atoms with E-state index >= 15 is 0 Å². The van der Waals surface area contributed by atoms with E-state index < -0.39 is 0 Å². The molecule has 0 aliphatic carbocycles. The SMILES string of the molecule is Clc1nc(Cl)nc(-c2c(Cl)cccc2Br)n1. The van der Waals surface area contributed by atoms with Crippen LogP contribution in [-0.2, 0) is 0 Å². The third-order valence-electron chi connectivity index (χ3n) is 1.77. The summed E-state index contributed by atoms with van der Waals surface area (Å²) in [7, 11) is 0. The number of rotatable bonds is 1. The Kier molecular flexibility index (Phi) is 3.64. The summed E-state index contributed by atoms with van der Waals surface area (Å²) in [5.41, 5.74) is 0.635. The largest absolute Gasteiger partial charge is 0.227 e. The fourth-order valence-corrected chi connectivity index (χ4v) is 2.43. The standard InChI is InChI=1S/C9H3BrCl3N3/c10-4-2-1-3-5(11)6(4)7-14-8(12)16-9(13)15-7/h1-3H. The van der Waals surface area contributed by atoms with Crippen LogP contribution in [0.4, 0.5) is 0 Å². The molecular formula is C9H3BrCl3N3. The first-order chi connectivity index (χ1) is 7.58. The molecule has 1 aromatic heterocycles. The highest BCUT2D eigenvalue weighted by molar-refractivity contribution is 9.10. The predicted molar refractivity (Wildman–Crippen MR) is 68.0 cm³/mol. The van der Waals surface area contributed by atoms with Crippen LogP contribution in [0.3, 0.4) is 0 Å². The Morgan fingerprint density at radius 1 is 0.938 bits per heavy atom. The average Bonchev–Trinajstić information content (AvgIpc) is 2.15. The molecule has 0 radical (unpaired) electrons. The molecular weight excluding hydrogens is 336 g/mol. The van der Waals surface area contributed by atoms with Gasteiger partial charge in [0.1, 0.15) is 0 Å². The van der Waals surface area contributed by atoms with Gasteiger partial charge in [0.2, 0.25) is 10.6 Å². The quantitative estimate of drug-likeness (QED) is 0.779. The molecule has 1 heterocycles. The predicted octanol–water partition coefficient (Wildman–Crippen LogP) is 4.26. The van der Waals surface area contributed by atoms with Crippen LogP contribution in [0, 0.1) is 0 Å². The van der Waals surface area contributed by atoms with Crippen LogP contribution in [-0.4, -0.2) is 15.0 Å². The van der Waals surface area contributed by atoms with Crippen LogP contribution < -0.4 is 0 Å². The Morgan fingerprint density at radius 3 is 2.12 bits per heavy atom. The Morgan fingerprint density at radius 2 is 1.56 bits per heavy atom. The lowest BCUT2D eigenvalue weighted by Crippen LogP contribution is -1.95. The minimum Gasteiger partial charge on any atom is -0.198 e. The third kappa shape index (κ3) is 2.46. The van der Waals surface area contributed by atoms with Gasteiger partial charge < -0.3 is 0 Å². The van der Waals surface area contributed by atoms with Gasteiger partial charge in [0.05, 0.1) is 10.6 Å². The molecule has 0 bridgehead atoms. The fourth-order valence-electron chi connectivity index (χ4n) is 1.15. The molecule has 0 aliphatic heterocycles. The Hall–Kier alpha value is -0.420. The zero-order chi connectivity index (χ0) is 11.7. The minimum absolute atomic E-state index is 0.0295. The maximum Gasteiger partial charge on any atom is 0.227 e. The topological polar surface area (TPSA) is 38.7 Å². The lowest BCUT2D eigenvalue weighted by Gasteiger charge is -2.05. The first-order valence-electron chi connectivity index (χ1n) is 4.09. The zero-order valence-corrected chi connectivity index (χ0v) is 11.4. The highest BCUT2D eigenvalue weighted by Crippen LogP contribution is 2.33. The molecule has 0 N–H and O–H groups in total. The molecule has 0 atom stereocenters. The lowest BCUT2D eigenvalue weighted by molar-refractivity contribution is 1.06. The molecule has 0 saturated heterocycles. The van der Waals surface area contributed by atoms with Gasteiger partial charge in [0, 0.05) is 4.47 Å². The number of hydrogen-bond donors (Lipinski definition) is 0. The van der Waals surface area contributed by atoms with Gasteiger partial charge in [-0.2, -0.15) is 15.0 Å². The van der Waals surface area contributed by atoms with E-state index in [0.29, 0.717) is 16.4 Å². The van der Waals surface area contributed by atoms with Crippen molar-refractivity contribution < 1.29 is 0 Å². The van der Waals surface area contributed by atoms with Crippen molar-refractivity contribution in [3.05, 3.63) is 38.3 Å². The number of benzene rings is 1. The van der Waals surface area contributed by atoms with Crippen molar-refractivity contribution in [3.63, 3.8) is 0 Å². The summed E-state index contributed by atoms with van der Waals surface area (Å²) in [4.78, 5) is 11.6. The van der Waals surface area contributed by atoms with Crippen molar-refractivity contribution in [1.29, 1.82) is 0 Å². The summed E-state index contributed by atoms with van der Waals surface area (Å²) >= 11 is 20.8. The number of hydrogen-bond acceptors (Lipinski definition) is 3. The second-order valence-electron chi connectivity index (χ2n) is 2.79. The lowest BCUT2D eigenvalue weighted by atomic mass is 10.2. The van der Waals surface area contributed by atoms with Gasteiger partial charge >= 0.3 is 0 Å². The third-order valence-corrected chi connectivity index (χ3v) is 3.08. The molecule has 0 saturated carbocycles. The maximum atomic E-state index is 6.05. The van der Waals surface area contributed by atoms with Crippen molar-refractivity contribution in [2.75, 3.05) is 0 Å². The molecule has 7 heteroatoms. The Balaban J connectivity index is 2.67. The van der Waals surface area contributed by atoms with Crippen LogP contribution >= 0.6 is 50.7 Å². The van der Waals surface area contributed by atoms with E-state index in [2.05, 4.69) is 30.9 Å². The van der Waals surface area contributed by atoms with Crippen LogP contribution in [0.1, 0.15) is 0 Å². The summed E-state index contributed by atoms with van der Waals surface area (Å²) in [6.07, 6.45) is 0. The molecule has 0 unspecified atom stereocenters. The van der Waals surface area contributed by atoms with Gasteiger partial charge in [0.15, 0.2) is 5.82 Å². The van der Waals surface area contributed by atoms with Crippen LogP contribution in [0.25, 0.3) is 11.4 Å².